The fourth-order valence-electron chi connectivity index (χ4n) is 2.92. The van der Waals surface area contributed by atoms with Crippen molar-refractivity contribution >= 4 is 5.96 Å². The maximum absolute atomic E-state index is 5.47. The summed E-state index contributed by atoms with van der Waals surface area (Å²) in [5.41, 5.74) is 4.62. The monoisotopic (exact) mass is 378 g/mol. The SMILES string of the molecule is CN=C(NCc1cccc(Cn2cncn2)c1)NCc1ccc(C)cc1OC. The normalized spacial score (nSPS) is 11.3. The van der Waals surface area contributed by atoms with E-state index in [4.69, 9.17) is 4.74 Å². The van der Waals surface area contributed by atoms with Gasteiger partial charge in [0.25, 0.3) is 0 Å². The molecule has 0 radical (unpaired) electrons. The Bertz CT molecular complexity index is 920. The number of aliphatic imine (C=N–C) groups is 1. The van der Waals surface area contributed by atoms with Crippen molar-refractivity contribution in [3.63, 3.8) is 0 Å². The second kappa shape index (κ2) is 9.55. The molecule has 2 N–H and O–H groups in total. The highest BCUT2D eigenvalue weighted by Crippen LogP contribution is 2.19. The molecule has 0 saturated carbocycles. The molecule has 0 aliphatic heterocycles. The number of aryl methyl sites for hydroxylation is 1. The van der Waals surface area contributed by atoms with Crippen molar-refractivity contribution in [2.45, 2.75) is 26.6 Å². The third-order valence-electron chi connectivity index (χ3n) is 4.37. The van der Waals surface area contributed by atoms with Crippen molar-refractivity contribution in [1.82, 2.24) is 25.4 Å². The van der Waals surface area contributed by atoms with Crippen molar-refractivity contribution < 1.29 is 4.74 Å². The van der Waals surface area contributed by atoms with Crippen molar-refractivity contribution in [2.75, 3.05) is 14.2 Å². The lowest BCUT2D eigenvalue weighted by atomic mass is 10.1. The molecule has 3 rings (SSSR count). The van der Waals surface area contributed by atoms with E-state index in [1.54, 1.807) is 26.8 Å². The molecule has 2 aromatic carbocycles. The summed E-state index contributed by atoms with van der Waals surface area (Å²) in [6.45, 7) is 4.07. The Kier molecular flexibility index (Phi) is 6.62. The van der Waals surface area contributed by atoms with Gasteiger partial charge < -0.3 is 15.4 Å². The van der Waals surface area contributed by atoms with E-state index in [0.29, 0.717) is 19.6 Å². The maximum atomic E-state index is 5.47. The number of nitrogens with one attached hydrogen (secondary N) is 2. The first kappa shape index (κ1) is 19.4. The smallest absolute Gasteiger partial charge is 0.191 e. The van der Waals surface area contributed by atoms with E-state index in [9.17, 15) is 0 Å². The van der Waals surface area contributed by atoms with Crippen LogP contribution in [0.4, 0.5) is 0 Å². The van der Waals surface area contributed by atoms with Crippen LogP contribution < -0.4 is 15.4 Å². The molecule has 0 fully saturated rings. The van der Waals surface area contributed by atoms with Crippen molar-refractivity contribution in [3.8, 4) is 5.75 Å². The largest absolute Gasteiger partial charge is 0.496 e. The molecular formula is C21H26N6O. The number of guanidine groups is 1. The molecule has 7 nitrogen and oxygen atoms in total. The molecule has 0 unspecified atom stereocenters. The van der Waals surface area contributed by atoms with Gasteiger partial charge in [0.05, 0.1) is 13.7 Å². The second-order valence-corrected chi connectivity index (χ2v) is 6.51. The summed E-state index contributed by atoms with van der Waals surface area (Å²) in [5.74, 6) is 1.62. The molecule has 0 atom stereocenters. The maximum Gasteiger partial charge on any atom is 0.191 e. The van der Waals surface area contributed by atoms with Gasteiger partial charge in [-0.05, 0) is 29.7 Å². The van der Waals surface area contributed by atoms with Gasteiger partial charge in [0.15, 0.2) is 5.96 Å². The van der Waals surface area contributed by atoms with Crippen LogP contribution in [0, 0.1) is 6.92 Å². The zero-order chi connectivity index (χ0) is 19.8. The summed E-state index contributed by atoms with van der Waals surface area (Å²) in [7, 11) is 3.46. The summed E-state index contributed by atoms with van der Waals surface area (Å²) >= 11 is 0. The average molecular weight is 378 g/mol. The Morgan fingerprint density at radius 1 is 1.11 bits per heavy atom. The minimum absolute atomic E-state index is 0.634. The topological polar surface area (TPSA) is 76.4 Å². The summed E-state index contributed by atoms with van der Waals surface area (Å²) < 4.78 is 7.27. The number of rotatable bonds is 7. The van der Waals surface area contributed by atoms with Crippen LogP contribution in [0.25, 0.3) is 0 Å². The highest BCUT2D eigenvalue weighted by molar-refractivity contribution is 5.79. The molecular weight excluding hydrogens is 352 g/mol. The highest BCUT2D eigenvalue weighted by atomic mass is 16.5. The molecule has 0 aliphatic rings. The lowest BCUT2D eigenvalue weighted by molar-refractivity contribution is 0.408. The van der Waals surface area contributed by atoms with Crippen LogP contribution in [0.5, 0.6) is 5.75 Å². The molecule has 3 aromatic rings. The first-order valence-electron chi connectivity index (χ1n) is 9.16. The van der Waals surface area contributed by atoms with E-state index in [0.717, 1.165) is 17.3 Å². The van der Waals surface area contributed by atoms with E-state index in [-0.39, 0.29) is 0 Å². The number of aromatic nitrogens is 3. The van der Waals surface area contributed by atoms with Crippen LogP contribution in [0.15, 0.2) is 60.1 Å². The Labute approximate surface area is 165 Å². The van der Waals surface area contributed by atoms with Crippen LogP contribution in [0.3, 0.4) is 0 Å². The Balaban J connectivity index is 1.56. The fraction of sp³-hybridized carbons (Fsp3) is 0.286. The molecule has 0 aliphatic carbocycles. The molecule has 0 bridgehead atoms. The lowest BCUT2D eigenvalue weighted by Gasteiger charge is -2.14. The third-order valence-corrected chi connectivity index (χ3v) is 4.37. The third kappa shape index (κ3) is 5.33. The molecule has 0 saturated heterocycles. The zero-order valence-corrected chi connectivity index (χ0v) is 16.5. The van der Waals surface area contributed by atoms with Crippen LogP contribution in [0.2, 0.25) is 0 Å². The molecule has 1 aromatic heterocycles. The van der Waals surface area contributed by atoms with E-state index in [1.807, 2.05) is 10.7 Å². The van der Waals surface area contributed by atoms with Gasteiger partial charge in [0, 0.05) is 25.7 Å². The Morgan fingerprint density at radius 2 is 1.93 bits per heavy atom. The van der Waals surface area contributed by atoms with Gasteiger partial charge in [0.1, 0.15) is 18.4 Å². The van der Waals surface area contributed by atoms with E-state index in [1.165, 1.54) is 16.7 Å². The minimum Gasteiger partial charge on any atom is -0.496 e. The number of benzene rings is 2. The van der Waals surface area contributed by atoms with Gasteiger partial charge in [0.2, 0.25) is 0 Å². The minimum atomic E-state index is 0.634. The lowest BCUT2D eigenvalue weighted by Crippen LogP contribution is -2.36. The van der Waals surface area contributed by atoms with Gasteiger partial charge in [-0.15, -0.1) is 0 Å². The highest BCUT2D eigenvalue weighted by Gasteiger charge is 2.05. The number of hydrogen-bond donors (Lipinski definition) is 2. The van der Waals surface area contributed by atoms with Gasteiger partial charge in [-0.25, -0.2) is 9.67 Å². The molecule has 28 heavy (non-hydrogen) atoms. The summed E-state index contributed by atoms with van der Waals surface area (Å²) in [6, 6.07) is 14.6. The first-order chi connectivity index (χ1) is 13.7. The van der Waals surface area contributed by atoms with E-state index in [2.05, 4.69) is 69.0 Å². The average Bonchev–Trinajstić information content (AvgIpc) is 3.22. The molecule has 7 heteroatoms. The molecule has 146 valence electrons. The van der Waals surface area contributed by atoms with Crippen LogP contribution >= 0.6 is 0 Å². The predicted molar refractivity (Wildman–Crippen MR) is 110 cm³/mol. The van der Waals surface area contributed by atoms with Gasteiger partial charge >= 0.3 is 0 Å². The second-order valence-electron chi connectivity index (χ2n) is 6.51. The summed E-state index contributed by atoms with van der Waals surface area (Å²) in [4.78, 5) is 8.29. The molecule has 0 amide bonds. The van der Waals surface area contributed by atoms with Crippen LogP contribution in [-0.2, 0) is 19.6 Å². The zero-order valence-electron chi connectivity index (χ0n) is 16.5. The fourth-order valence-corrected chi connectivity index (χ4v) is 2.92. The van der Waals surface area contributed by atoms with Crippen molar-refractivity contribution in [2.24, 2.45) is 4.99 Å². The van der Waals surface area contributed by atoms with Crippen LogP contribution in [-0.4, -0.2) is 34.9 Å². The number of methoxy groups -OCH3 is 1. The van der Waals surface area contributed by atoms with Gasteiger partial charge in [-0.2, -0.15) is 5.10 Å². The number of hydrogen-bond acceptors (Lipinski definition) is 4. The Hall–Kier alpha value is -3.35. The van der Waals surface area contributed by atoms with E-state index >= 15 is 0 Å². The first-order valence-corrected chi connectivity index (χ1v) is 9.16. The van der Waals surface area contributed by atoms with Crippen molar-refractivity contribution in [1.29, 1.82) is 0 Å². The van der Waals surface area contributed by atoms with Gasteiger partial charge in [-0.3, -0.25) is 4.99 Å². The number of nitrogens with zero attached hydrogens (tertiary/aromatic N) is 4. The molecule has 1 heterocycles. The van der Waals surface area contributed by atoms with Gasteiger partial charge in [-0.1, -0.05) is 36.4 Å². The number of ether oxygens (including phenoxy) is 1. The van der Waals surface area contributed by atoms with Crippen molar-refractivity contribution in [3.05, 3.63) is 77.4 Å². The van der Waals surface area contributed by atoms with E-state index < -0.39 is 0 Å². The summed E-state index contributed by atoms with van der Waals surface area (Å²) in [5, 5.41) is 10.8. The summed E-state index contributed by atoms with van der Waals surface area (Å²) in [6.07, 6.45) is 3.26. The molecule has 0 spiro atoms. The van der Waals surface area contributed by atoms with Crippen LogP contribution in [0.1, 0.15) is 22.3 Å². The quantitative estimate of drug-likeness (QED) is 0.488. The Morgan fingerprint density at radius 3 is 2.68 bits per heavy atom. The standard InChI is InChI=1S/C21H26N6O/c1-16-7-8-19(20(9-16)28-3)12-25-21(22-2)24-11-17-5-4-6-18(10-17)13-27-15-23-14-26-27/h4-10,14-15H,11-13H2,1-3H3,(H2,22,24,25). The predicted octanol–water partition coefficient (Wildman–Crippen LogP) is 2.51.